The van der Waals surface area contributed by atoms with Crippen molar-refractivity contribution in [2.75, 3.05) is 0 Å². The molecule has 0 fully saturated rings. The Hall–Kier alpha value is -2.58. The second kappa shape index (κ2) is 9.21. The molecule has 0 aromatic heterocycles. The van der Waals surface area contributed by atoms with Crippen molar-refractivity contribution in [3.05, 3.63) is 102 Å². The summed E-state index contributed by atoms with van der Waals surface area (Å²) in [5, 5.41) is 3.67. The number of benzene rings is 3. The molecule has 134 valence electrons. The standard InChI is InChI=1S/C24H27NO/c1-19(25-20(2)23-11-7-4-8-12-23)17-21-13-15-24(16-14-21)26-18-22-9-5-3-6-10-22/h3-16,19-20,25H,17-18H2,1-2H3. The third-order valence-electron chi connectivity index (χ3n) is 4.55. The third-order valence-corrected chi connectivity index (χ3v) is 4.55. The molecule has 0 bridgehead atoms. The van der Waals surface area contributed by atoms with Crippen LogP contribution in [-0.4, -0.2) is 6.04 Å². The van der Waals surface area contributed by atoms with Crippen molar-refractivity contribution in [1.82, 2.24) is 5.32 Å². The van der Waals surface area contributed by atoms with Crippen LogP contribution in [0.2, 0.25) is 0 Å². The molecule has 0 saturated carbocycles. The second-order valence-electron chi connectivity index (χ2n) is 6.82. The molecule has 2 heteroatoms. The first-order valence-corrected chi connectivity index (χ1v) is 9.27. The van der Waals surface area contributed by atoms with E-state index in [0.29, 0.717) is 18.7 Å². The summed E-state index contributed by atoms with van der Waals surface area (Å²) in [6, 6.07) is 30.0. The lowest BCUT2D eigenvalue weighted by Crippen LogP contribution is -2.30. The molecule has 3 aromatic rings. The van der Waals surface area contributed by atoms with Crippen LogP contribution in [0, 0.1) is 0 Å². The minimum Gasteiger partial charge on any atom is -0.489 e. The molecule has 0 radical (unpaired) electrons. The van der Waals surface area contributed by atoms with E-state index in [1.807, 2.05) is 18.2 Å². The summed E-state index contributed by atoms with van der Waals surface area (Å²) < 4.78 is 5.86. The summed E-state index contributed by atoms with van der Waals surface area (Å²) >= 11 is 0. The Morgan fingerprint density at radius 3 is 2.00 bits per heavy atom. The molecule has 0 aliphatic carbocycles. The Labute approximate surface area is 156 Å². The van der Waals surface area contributed by atoms with E-state index in [1.165, 1.54) is 16.7 Å². The van der Waals surface area contributed by atoms with Crippen molar-refractivity contribution < 1.29 is 4.74 Å². The van der Waals surface area contributed by atoms with Gasteiger partial charge in [0, 0.05) is 12.1 Å². The maximum absolute atomic E-state index is 5.86. The Kier molecular flexibility index (Phi) is 6.45. The van der Waals surface area contributed by atoms with Crippen molar-refractivity contribution in [1.29, 1.82) is 0 Å². The molecule has 2 unspecified atom stereocenters. The number of ether oxygens (including phenoxy) is 1. The van der Waals surface area contributed by atoms with Crippen LogP contribution in [0.25, 0.3) is 0 Å². The largest absolute Gasteiger partial charge is 0.489 e. The van der Waals surface area contributed by atoms with E-state index >= 15 is 0 Å². The minimum atomic E-state index is 0.347. The summed E-state index contributed by atoms with van der Waals surface area (Å²) in [6.45, 7) is 5.05. The first-order valence-electron chi connectivity index (χ1n) is 9.27. The molecule has 0 amide bonds. The van der Waals surface area contributed by atoms with Gasteiger partial charge in [0.25, 0.3) is 0 Å². The van der Waals surface area contributed by atoms with E-state index in [9.17, 15) is 0 Å². The van der Waals surface area contributed by atoms with Gasteiger partial charge in [-0.05, 0) is 49.1 Å². The van der Waals surface area contributed by atoms with Crippen LogP contribution < -0.4 is 10.1 Å². The zero-order chi connectivity index (χ0) is 18.2. The molecule has 0 spiro atoms. The lowest BCUT2D eigenvalue weighted by molar-refractivity contribution is 0.306. The molecule has 26 heavy (non-hydrogen) atoms. The molecule has 3 rings (SSSR count). The summed E-state index contributed by atoms with van der Waals surface area (Å²) in [7, 11) is 0. The summed E-state index contributed by atoms with van der Waals surface area (Å²) in [5.41, 5.74) is 3.82. The Balaban J connectivity index is 1.49. The summed E-state index contributed by atoms with van der Waals surface area (Å²) in [4.78, 5) is 0. The monoisotopic (exact) mass is 345 g/mol. The van der Waals surface area contributed by atoms with Crippen LogP contribution in [0.1, 0.15) is 36.6 Å². The SMILES string of the molecule is CC(Cc1ccc(OCc2ccccc2)cc1)NC(C)c1ccccc1. The van der Waals surface area contributed by atoms with Gasteiger partial charge < -0.3 is 10.1 Å². The molecule has 3 aromatic carbocycles. The fourth-order valence-corrected chi connectivity index (χ4v) is 3.14. The second-order valence-corrected chi connectivity index (χ2v) is 6.82. The molecule has 2 atom stereocenters. The van der Waals surface area contributed by atoms with E-state index in [-0.39, 0.29) is 0 Å². The lowest BCUT2D eigenvalue weighted by atomic mass is 10.0. The lowest BCUT2D eigenvalue weighted by Gasteiger charge is -2.20. The fourth-order valence-electron chi connectivity index (χ4n) is 3.14. The summed E-state index contributed by atoms with van der Waals surface area (Å²) in [6.07, 6.45) is 0.996. The van der Waals surface area contributed by atoms with Gasteiger partial charge in [0.2, 0.25) is 0 Å². The first kappa shape index (κ1) is 18.2. The average Bonchev–Trinajstić information content (AvgIpc) is 2.69. The van der Waals surface area contributed by atoms with Gasteiger partial charge in [-0.25, -0.2) is 0 Å². The fraction of sp³-hybridized carbons (Fsp3) is 0.250. The van der Waals surface area contributed by atoms with Gasteiger partial charge in [0.1, 0.15) is 12.4 Å². The summed E-state index contributed by atoms with van der Waals surface area (Å²) in [5.74, 6) is 0.913. The molecular weight excluding hydrogens is 318 g/mol. The first-order chi connectivity index (χ1) is 12.7. The van der Waals surface area contributed by atoms with Crippen LogP contribution in [0.4, 0.5) is 0 Å². The maximum atomic E-state index is 5.86. The number of hydrogen-bond donors (Lipinski definition) is 1. The molecule has 0 aliphatic rings. The smallest absolute Gasteiger partial charge is 0.119 e. The molecule has 0 saturated heterocycles. The molecule has 1 N–H and O–H groups in total. The molecule has 0 aliphatic heterocycles. The van der Waals surface area contributed by atoms with Gasteiger partial charge in [-0.2, -0.15) is 0 Å². The molecule has 2 nitrogen and oxygen atoms in total. The van der Waals surface area contributed by atoms with E-state index in [4.69, 9.17) is 4.74 Å². The van der Waals surface area contributed by atoms with Gasteiger partial charge in [0.15, 0.2) is 0 Å². The topological polar surface area (TPSA) is 21.3 Å². The van der Waals surface area contributed by atoms with Crippen molar-refractivity contribution in [2.24, 2.45) is 0 Å². The predicted octanol–water partition coefficient (Wildman–Crippen LogP) is 5.55. The minimum absolute atomic E-state index is 0.347. The van der Waals surface area contributed by atoms with Crippen LogP contribution in [-0.2, 0) is 13.0 Å². The Morgan fingerprint density at radius 2 is 1.35 bits per heavy atom. The highest BCUT2D eigenvalue weighted by molar-refractivity contribution is 5.28. The van der Waals surface area contributed by atoms with Gasteiger partial charge in [-0.1, -0.05) is 72.8 Å². The van der Waals surface area contributed by atoms with Crippen LogP contribution in [0.15, 0.2) is 84.9 Å². The normalized spacial score (nSPS) is 13.2. The zero-order valence-electron chi connectivity index (χ0n) is 15.6. The highest BCUT2D eigenvalue weighted by Gasteiger charge is 2.10. The van der Waals surface area contributed by atoms with Gasteiger partial charge in [-0.15, -0.1) is 0 Å². The molecule has 0 heterocycles. The van der Waals surface area contributed by atoms with Crippen molar-refractivity contribution in [3.63, 3.8) is 0 Å². The van der Waals surface area contributed by atoms with E-state index in [1.54, 1.807) is 0 Å². The van der Waals surface area contributed by atoms with Crippen LogP contribution in [0.3, 0.4) is 0 Å². The predicted molar refractivity (Wildman–Crippen MR) is 108 cm³/mol. The highest BCUT2D eigenvalue weighted by atomic mass is 16.5. The van der Waals surface area contributed by atoms with E-state index in [0.717, 1.165) is 12.2 Å². The van der Waals surface area contributed by atoms with Crippen LogP contribution >= 0.6 is 0 Å². The van der Waals surface area contributed by atoms with Crippen molar-refractivity contribution in [3.8, 4) is 5.75 Å². The maximum Gasteiger partial charge on any atom is 0.119 e. The van der Waals surface area contributed by atoms with Crippen LogP contribution in [0.5, 0.6) is 5.75 Å². The van der Waals surface area contributed by atoms with E-state index in [2.05, 4.69) is 85.9 Å². The number of hydrogen-bond acceptors (Lipinski definition) is 2. The van der Waals surface area contributed by atoms with Crippen molar-refractivity contribution in [2.45, 2.75) is 39.0 Å². The van der Waals surface area contributed by atoms with Crippen molar-refractivity contribution >= 4 is 0 Å². The Bertz CT molecular complexity index is 768. The Morgan fingerprint density at radius 1 is 0.731 bits per heavy atom. The van der Waals surface area contributed by atoms with Gasteiger partial charge in [0.05, 0.1) is 0 Å². The van der Waals surface area contributed by atoms with Gasteiger partial charge >= 0.3 is 0 Å². The average molecular weight is 345 g/mol. The zero-order valence-corrected chi connectivity index (χ0v) is 15.6. The number of nitrogens with one attached hydrogen (secondary N) is 1. The highest BCUT2D eigenvalue weighted by Crippen LogP contribution is 2.17. The van der Waals surface area contributed by atoms with Gasteiger partial charge in [-0.3, -0.25) is 0 Å². The molecular formula is C24H27NO. The van der Waals surface area contributed by atoms with E-state index < -0.39 is 0 Å². The third kappa shape index (κ3) is 5.47. The quantitative estimate of drug-likeness (QED) is 0.578. The number of rotatable bonds is 8.